The maximum Gasteiger partial charge on any atom is 0.273 e. The fraction of sp³-hybridized carbons (Fsp3) is 0.538. The number of aliphatic hydroxyl groups is 1. The molecule has 0 atom stereocenters. The van der Waals surface area contributed by atoms with Crippen molar-refractivity contribution >= 4 is 17.3 Å². The second-order valence-corrected chi connectivity index (χ2v) is 5.37. The minimum atomic E-state index is -0.436. The summed E-state index contributed by atoms with van der Waals surface area (Å²) in [4.78, 5) is 10.6. The molecule has 1 saturated heterocycles. The highest BCUT2D eigenvalue weighted by Crippen LogP contribution is 2.25. The molecule has 110 valence electrons. The van der Waals surface area contributed by atoms with Crippen molar-refractivity contribution in [1.29, 1.82) is 0 Å². The monoisotopic (exact) mass is 300 g/mol. The lowest BCUT2D eigenvalue weighted by atomic mass is 9.90. The molecule has 7 heteroatoms. The molecule has 0 bridgehead atoms. The first-order chi connectivity index (χ1) is 9.56. The fourth-order valence-electron chi connectivity index (χ4n) is 2.31. The van der Waals surface area contributed by atoms with Crippen molar-refractivity contribution in [1.82, 2.24) is 5.32 Å². The molecule has 1 fully saturated rings. The van der Waals surface area contributed by atoms with Crippen LogP contribution in [0.1, 0.15) is 18.4 Å². The van der Waals surface area contributed by atoms with Gasteiger partial charge in [-0.2, -0.15) is 0 Å². The summed E-state index contributed by atoms with van der Waals surface area (Å²) in [7, 11) is 0. The lowest BCUT2D eigenvalue weighted by Crippen LogP contribution is -2.51. The number of aliphatic hydroxyl groups excluding tert-OH is 1. The van der Waals surface area contributed by atoms with Crippen molar-refractivity contribution in [3.63, 3.8) is 0 Å². The number of halogens is 1. The van der Waals surface area contributed by atoms with Gasteiger partial charge in [-0.15, -0.1) is 0 Å². The average Bonchev–Trinajstić information content (AvgIpc) is 2.46. The molecular weight excluding hydrogens is 284 g/mol. The molecule has 2 rings (SSSR count). The van der Waals surface area contributed by atoms with E-state index in [0.29, 0.717) is 36.6 Å². The summed E-state index contributed by atoms with van der Waals surface area (Å²) in [6.07, 6.45) is 1.36. The van der Waals surface area contributed by atoms with E-state index in [9.17, 15) is 15.2 Å². The molecule has 0 aliphatic carbocycles. The standard InChI is InChI=1S/C13H17ClN2O4/c14-11-1-2-12(16(18)19)10(7-11)8-15-13(9-17)3-5-20-6-4-13/h1-2,7,15,17H,3-6,8-9H2. The van der Waals surface area contributed by atoms with Crippen LogP contribution in [0.5, 0.6) is 0 Å². The highest BCUT2D eigenvalue weighted by Gasteiger charge is 2.31. The third-order valence-corrected chi connectivity index (χ3v) is 3.88. The second-order valence-electron chi connectivity index (χ2n) is 4.93. The van der Waals surface area contributed by atoms with E-state index in [1.54, 1.807) is 6.07 Å². The van der Waals surface area contributed by atoms with Gasteiger partial charge in [0.1, 0.15) is 0 Å². The molecule has 1 aromatic carbocycles. The molecule has 0 spiro atoms. The quantitative estimate of drug-likeness (QED) is 0.640. The zero-order valence-electron chi connectivity index (χ0n) is 11.0. The van der Waals surface area contributed by atoms with Crippen LogP contribution in [0, 0.1) is 10.1 Å². The Morgan fingerprint density at radius 1 is 1.45 bits per heavy atom. The SMILES string of the molecule is O=[N+]([O-])c1ccc(Cl)cc1CNC1(CO)CCOCC1. The van der Waals surface area contributed by atoms with Crippen molar-refractivity contribution in [2.75, 3.05) is 19.8 Å². The third-order valence-electron chi connectivity index (χ3n) is 3.64. The molecule has 1 heterocycles. The lowest BCUT2D eigenvalue weighted by Gasteiger charge is -2.36. The number of nitrogens with zero attached hydrogens (tertiary/aromatic N) is 1. The van der Waals surface area contributed by atoms with Gasteiger partial charge in [0.15, 0.2) is 0 Å². The number of nitro benzene ring substituents is 1. The van der Waals surface area contributed by atoms with Gasteiger partial charge < -0.3 is 15.2 Å². The molecular formula is C13H17ClN2O4. The van der Waals surface area contributed by atoms with Gasteiger partial charge in [0, 0.05) is 41.9 Å². The molecule has 6 nitrogen and oxygen atoms in total. The Kier molecular flexibility index (Phi) is 4.93. The first kappa shape index (κ1) is 15.2. The summed E-state index contributed by atoms with van der Waals surface area (Å²) >= 11 is 5.89. The molecule has 20 heavy (non-hydrogen) atoms. The lowest BCUT2D eigenvalue weighted by molar-refractivity contribution is -0.385. The van der Waals surface area contributed by atoms with E-state index in [-0.39, 0.29) is 18.8 Å². The zero-order valence-corrected chi connectivity index (χ0v) is 11.7. The van der Waals surface area contributed by atoms with Crippen LogP contribution in [0.3, 0.4) is 0 Å². The van der Waals surface area contributed by atoms with Gasteiger partial charge in [-0.3, -0.25) is 10.1 Å². The minimum Gasteiger partial charge on any atom is -0.394 e. The highest BCUT2D eigenvalue weighted by atomic mass is 35.5. The van der Waals surface area contributed by atoms with E-state index >= 15 is 0 Å². The summed E-state index contributed by atoms with van der Waals surface area (Å²) in [6.45, 7) is 1.42. The second kappa shape index (κ2) is 6.49. The van der Waals surface area contributed by atoms with Gasteiger partial charge in [-0.1, -0.05) is 11.6 Å². The van der Waals surface area contributed by atoms with E-state index in [2.05, 4.69) is 5.32 Å². The third kappa shape index (κ3) is 3.46. The van der Waals surface area contributed by atoms with Crippen molar-refractivity contribution in [2.45, 2.75) is 24.9 Å². The summed E-state index contributed by atoms with van der Waals surface area (Å²) in [5.74, 6) is 0. The maximum absolute atomic E-state index is 11.0. The summed E-state index contributed by atoms with van der Waals surface area (Å²) < 4.78 is 5.28. The number of hydrogen-bond acceptors (Lipinski definition) is 5. The van der Waals surface area contributed by atoms with Crippen molar-refractivity contribution in [3.8, 4) is 0 Å². The Morgan fingerprint density at radius 2 is 2.15 bits per heavy atom. The molecule has 1 aliphatic heterocycles. The van der Waals surface area contributed by atoms with E-state index in [1.165, 1.54) is 12.1 Å². The summed E-state index contributed by atoms with van der Waals surface area (Å²) in [6, 6.07) is 4.48. The van der Waals surface area contributed by atoms with Gasteiger partial charge in [0.2, 0.25) is 0 Å². The summed E-state index contributed by atoms with van der Waals surface area (Å²) in [5.41, 5.74) is 0.109. The van der Waals surface area contributed by atoms with Crippen LogP contribution in [0.4, 0.5) is 5.69 Å². The molecule has 0 unspecified atom stereocenters. The van der Waals surface area contributed by atoms with Crippen LogP contribution in [0.15, 0.2) is 18.2 Å². The van der Waals surface area contributed by atoms with Gasteiger partial charge in [0.05, 0.1) is 11.5 Å². The molecule has 2 N–H and O–H groups in total. The number of ether oxygens (including phenoxy) is 1. The Bertz CT molecular complexity index is 489. The van der Waals surface area contributed by atoms with E-state index in [1.807, 2.05) is 0 Å². The average molecular weight is 301 g/mol. The molecule has 1 aromatic rings. The van der Waals surface area contributed by atoms with Gasteiger partial charge in [-0.05, 0) is 25.0 Å². The van der Waals surface area contributed by atoms with Crippen molar-refractivity contribution < 1.29 is 14.8 Å². The van der Waals surface area contributed by atoms with Crippen LogP contribution in [-0.2, 0) is 11.3 Å². The van der Waals surface area contributed by atoms with Crippen LogP contribution in [0.2, 0.25) is 5.02 Å². The van der Waals surface area contributed by atoms with E-state index in [0.717, 1.165) is 0 Å². The van der Waals surface area contributed by atoms with Crippen LogP contribution in [-0.4, -0.2) is 35.4 Å². The Hall–Kier alpha value is -1.21. The number of benzene rings is 1. The number of nitrogens with one attached hydrogen (secondary N) is 1. The highest BCUT2D eigenvalue weighted by molar-refractivity contribution is 6.30. The maximum atomic E-state index is 11.0. The Balaban J connectivity index is 2.13. The number of rotatable bonds is 5. The van der Waals surface area contributed by atoms with Crippen LogP contribution < -0.4 is 5.32 Å². The minimum absolute atomic E-state index is 0.0231. The van der Waals surface area contributed by atoms with Gasteiger partial charge >= 0.3 is 0 Å². The summed E-state index contributed by atoms with van der Waals surface area (Å²) in [5, 5.41) is 24.3. The smallest absolute Gasteiger partial charge is 0.273 e. The van der Waals surface area contributed by atoms with E-state index < -0.39 is 10.5 Å². The fourth-order valence-corrected chi connectivity index (χ4v) is 2.50. The zero-order chi connectivity index (χ0) is 14.6. The Morgan fingerprint density at radius 3 is 2.75 bits per heavy atom. The largest absolute Gasteiger partial charge is 0.394 e. The molecule has 0 amide bonds. The number of hydrogen-bond donors (Lipinski definition) is 2. The van der Waals surface area contributed by atoms with Crippen molar-refractivity contribution in [2.24, 2.45) is 0 Å². The molecule has 0 saturated carbocycles. The van der Waals surface area contributed by atoms with Crippen LogP contribution in [0.25, 0.3) is 0 Å². The Labute approximate surface area is 121 Å². The topological polar surface area (TPSA) is 84.6 Å². The van der Waals surface area contributed by atoms with Crippen molar-refractivity contribution in [3.05, 3.63) is 38.9 Å². The molecule has 0 aromatic heterocycles. The normalized spacial score (nSPS) is 17.9. The molecule has 1 aliphatic rings. The predicted molar refractivity (Wildman–Crippen MR) is 74.8 cm³/mol. The van der Waals surface area contributed by atoms with E-state index in [4.69, 9.17) is 16.3 Å². The molecule has 0 radical (unpaired) electrons. The van der Waals surface area contributed by atoms with Gasteiger partial charge in [0.25, 0.3) is 5.69 Å². The first-order valence-electron chi connectivity index (χ1n) is 6.43. The van der Waals surface area contributed by atoms with Crippen LogP contribution >= 0.6 is 11.6 Å². The number of nitro groups is 1. The van der Waals surface area contributed by atoms with Gasteiger partial charge in [-0.25, -0.2) is 0 Å². The predicted octanol–water partition coefficient (Wildman–Crippen LogP) is 1.88. The first-order valence-corrected chi connectivity index (χ1v) is 6.81.